The number of hydrogen-bond acceptors (Lipinski definition) is 4. The molecule has 0 fully saturated rings. The van der Waals surface area contributed by atoms with Gasteiger partial charge in [0.1, 0.15) is 0 Å². The van der Waals surface area contributed by atoms with E-state index in [1.165, 1.54) is 42.3 Å². The van der Waals surface area contributed by atoms with Crippen LogP contribution in [0, 0.1) is 10.8 Å². The Morgan fingerprint density at radius 1 is 0.548 bits per heavy atom. The first-order chi connectivity index (χ1) is 14.6. The molecule has 4 radical (unpaired) electrons. The molecule has 0 N–H and O–H groups in total. The molecule has 4 nitrogen and oxygen atoms in total. The van der Waals surface area contributed by atoms with E-state index >= 15 is 0 Å². The molecule has 0 saturated heterocycles. The minimum atomic E-state index is -0.302. The fraction of sp³-hybridized carbons (Fsp3) is 0.520. The van der Waals surface area contributed by atoms with Crippen LogP contribution in [0.3, 0.4) is 0 Å². The van der Waals surface area contributed by atoms with Crippen molar-refractivity contribution in [1.82, 2.24) is 0 Å². The molecule has 31 heavy (non-hydrogen) atoms. The van der Waals surface area contributed by atoms with Crippen LogP contribution in [-0.2, 0) is 0 Å². The molecule has 0 amide bonds. The minimum absolute atomic E-state index is 0.302. The Balaban J connectivity index is 1.40. The van der Waals surface area contributed by atoms with Gasteiger partial charge in [0.15, 0.2) is 0 Å². The van der Waals surface area contributed by atoms with Crippen molar-refractivity contribution in [3.05, 3.63) is 48.5 Å². The third-order valence-electron chi connectivity index (χ3n) is 5.44. The van der Waals surface area contributed by atoms with Crippen LogP contribution >= 0.6 is 0 Å². The summed E-state index contributed by atoms with van der Waals surface area (Å²) in [6.45, 7) is 18.7. The molecule has 6 heteroatoms. The van der Waals surface area contributed by atoms with Gasteiger partial charge in [0, 0.05) is 0 Å². The van der Waals surface area contributed by atoms with Gasteiger partial charge in [0.25, 0.3) is 0 Å². The maximum atomic E-state index is 2.70. The molecule has 2 aliphatic heterocycles. The van der Waals surface area contributed by atoms with Crippen molar-refractivity contribution in [2.24, 2.45) is 10.8 Å². The summed E-state index contributed by atoms with van der Waals surface area (Å²) in [6.07, 6.45) is 1.22. The monoisotopic (exact) mass is 540 g/mol. The molecule has 0 aromatic heterocycles. The van der Waals surface area contributed by atoms with Gasteiger partial charge in [0.05, 0.1) is 0 Å². The zero-order valence-corrected chi connectivity index (χ0v) is 24.1. The van der Waals surface area contributed by atoms with Gasteiger partial charge in [-0.1, -0.05) is 0 Å². The summed E-state index contributed by atoms with van der Waals surface area (Å²) >= 11 is -0.605. The van der Waals surface area contributed by atoms with Crippen LogP contribution in [0.1, 0.15) is 48.0 Å². The Kier molecular flexibility index (Phi) is 6.60. The molecular formula is C25H36Ge2N4. The van der Waals surface area contributed by atoms with Crippen molar-refractivity contribution >= 4 is 54.5 Å². The quantitative estimate of drug-likeness (QED) is 0.470. The Morgan fingerprint density at radius 2 is 0.871 bits per heavy atom. The van der Waals surface area contributed by atoms with Crippen molar-refractivity contribution in [3.63, 3.8) is 0 Å². The molecule has 0 spiro atoms. The second-order valence-electron chi connectivity index (χ2n) is 11.1. The maximum absolute atomic E-state index is 2.70. The van der Waals surface area contributed by atoms with Gasteiger partial charge in [0.2, 0.25) is 0 Å². The number of nitrogens with zero attached hydrogens (tertiary/aromatic N) is 4. The molecule has 4 rings (SSSR count). The molecule has 164 valence electrons. The van der Waals surface area contributed by atoms with Crippen molar-refractivity contribution < 1.29 is 0 Å². The summed E-state index contributed by atoms with van der Waals surface area (Å²) in [7, 11) is 0. The van der Waals surface area contributed by atoms with Crippen molar-refractivity contribution in [1.29, 1.82) is 0 Å². The van der Waals surface area contributed by atoms with E-state index in [0.29, 0.717) is 10.8 Å². The van der Waals surface area contributed by atoms with Crippen LogP contribution in [0.5, 0.6) is 0 Å². The first kappa shape index (κ1) is 22.9. The van der Waals surface area contributed by atoms with E-state index in [1.54, 1.807) is 0 Å². The third-order valence-corrected chi connectivity index (χ3v) is 11.1. The third kappa shape index (κ3) is 5.56. The predicted molar refractivity (Wildman–Crippen MR) is 137 cm³/mol. The van der Waals surface area contributed by atoms with Crippen LogP contribution in [0.2, 0.25) is 0 Å². The molecule has 0 saturated carbocycles. The van der Waals surface area contributed by atoms with Gasteiger partial charge in [-0.15, -0.1) is 0 Å². The topological polar surface area (TPSA) is 13.0 Å². The van der Waals surface area contributed by atoms with E-state index in [4.69, 9.17) is 0 Å². The summed E-state index contributed by atoms with van der Waals surface area (Å²) in [5, 5.41) is 0. The molecule has 0 aliphatic carbocycles. The first-order valence-corrected chi connectivity index (χ1v) is 15.2. The Labute approximate surface area is 202 Å². The van der Waals surface area contributed by atoms with Gasteiger partial charge in [-0.2, -0.15) is 0 Å². The van der Waals surface area contributed by atoms with Crippen LogP contribution in [0.25, 0.3) is 0 Å². The molecular weight excluding hydrogens is 502 g/mol. The summed E-state index contributed by atoms with van der Waals surface area (Å²) in [4.78, 5) is 0. The zero-order valence-electron chi connectivity index (χ0n) is 19.9. The number of anilines is 4. The average Bonchev–Trinajstić information content (AvgIpc) is 3.19. The number of para-hydroxylation sites is 4. The fourth-order valence-electron chi connectivity index (χ4n) is 4.27. The number of benzene rings is 2. The number of hydrogen-bond donors (Lipinski definition) is 0. The number of fused-ring (bicyclic) bond motifs is 2. The molecule has 0 atom stereocenters. The van der Waals surface area contributed by atoms with E-state index in [-0.39, 0.29) is 31.8 Å². The van der Waals surface area contributed by atoms with E-state index in [0.717, 1.165) is 13.1 Å². The van der Waals surface area contributed by atoms with E-state index in [9.17, 15) is 0 Å². The van der Waals surface area contributed by atoms with Gasteiger partial charge in [-0.05, 0) is 0 Å². The van der Waals surface area contributed by atoms with Crippen molar-refractivity contribution in [2.75, 3.05) is 41.6 Å². The summed E-state index contributed by atoms with van der Waals surface area (Å²) in [5.41, 5.74) is 6.47. The van der Waals surface area contributed by atoms with Gasteiger partial charge in [-0.3, -0.25) is 0 Å². The Hall–Kier alpha value is -1.27. The molecule has 2 aromatic carbocycles. The molecule has 0 bridgehead atoms. The van der Waals surface area contributed by atoms with Gasteiger partial charge < -0.3 is 0 Å². The standard InChI is InChI=1S/C25H36Ge2N4/c1-24(2,3)18-30-22-14-9-7-12-20(22)28(26-30)16-11-17-29-21-13-8-10-15-23(21)31(27-29)19-25(4,5)6/h7-10,12-15H,11,16-19H2,1-6H3. The summed E-state index contributed by atoms with van der Waals surface area (Å²) in [6, 6.07) is 18.1. The van der Waals surface area contributed by atoms with Gasteiger partial charge in [-0.25, -0.2) is 0 Å². The second kappa shape index (κ2) is 8.93. The normalized spacial score (nSPS) is 16.2. The summed E-state index contributed by atoms with van der Waals surface area (Å²) in [5.74, 6) is 0. The average molecular weight is 538 g/mol. The van der Waals surface area contributed by atoms with Crippen molar-refractivity contribution in [2.45, 2.75) is 48.0 Å². The van der Waals surface area contributed by atoms with Crippen LogP contribution < -0.4 is 15.4 Å². The molecule has 2 aromatic rings. The Bertz CT molecular complexity index is 829. The second-order valence-corrected chi connectivity index (χ2v) is 16.5. The van der Waals surface area contributed by atoms with E-state index in [2.05, 4.69) is 106 Å². The van der Waals surface area contributed by atoms with E-state index in [1.807, 2.05) is 0 Å². The first-order valence-electron chi connectivity index (χ1n) is 11.4. The SMILES string of the molecule is CC(C)(C)C[N]1[Ge][N](CCC[N]2[Ge][N](CC(C)(C)C)c3ccccc32)c2ccccc21. The van der Waals surface area contributed by atoms with Crippen LogP contribution in [-0.4, -0.2) is 57.9 Å². The fourth-order valence-corrected chi connectivity index (χ4v) is 11.3. The molecule has 2 aliphatic rings. The number of rotatable bonds is 6. The summed E-state index contributed by atoms with van der Waals surface area (Å²) < 4.78 is 10.8. The zero-order chi connectivity index (χ0) is 22.2. The van der Waals surface area contributed by atoms with Crippen LogP contribution in [0.15, 0.2) is 48.5 Å². The predicted octanol–water partition coefficient (Wildman–Crippen LogP) is 5.19. The van der Waals surface area contributed by atoms with Crippen LogP contribution in [0.4, 0.5) is 22.7 Å². The van der Waals surface area contributed by atoms with Gasteiger partial charge >= 0.3 is 203 Å². The Morgan fingerprint density at radius 3 is 1.19 bits per heavy atom. The van der Waals surface area contributed by atoms with E-state index < -0.39 is 0 Å². The molecule has 2 heterocycles. The molecule has 0 unspecified atom stereocenters. The van der Waals surface area contributed by atoms with Crippen molar-refractivity contribution in [3.8, 4) is 0 Å².